The van der Waals surface area contributed by atoms with Gasteiger partial charge in [-0.3, -0.25) is 0 Å². The van der Waals surface area contributed by atoms with Gasteiger partial charge in [0.2, 0.25) is 5.88 Å². The Kier molecular flexibility index (Phi) is 13.1. The number of unbranched alkanes of at least 4 members (excludes halogenated alkanes) is 1. The van der Waals surface area contributed by atoms with E-state index in [0.717, 1.165) is 36.6 Å². The van der Waals surface area contributed by atoms with E-state index in [4.69, 9.17) is 21.7 Å². The normalized spacial score (nSPS) is 13.7. The fraction of sp³-hybridized carbons (Fsp3) is 0.440. The molecule has 0 aliphatic heterocycles. The Labute approximate surface area is 201 Å². The van der Waals surface area contributed by atoms with Gasteiger partial charge < -0.3 is 20.8 Å². The van der Waals surface area contributed by atoms with Crippen LogP contribution < -0.4 is 10.6 Å². The predicted octanol–water partition coefficient (Wildman–Crippen LogP) is 7.72. The molecule has 1 aromatic rings. The molecule has 182 valence electrons. The first-order valence-electron chi connectivity index (χ1n) is 11.2. The van der Waals surface area contributed by atoms with Crippen molar-refractivity contribution in [2.24, 2.45) is 4.99 Å². The highest BCUT2D eigenvalue weighted by molar-refractivity contribution is 6.32. The molecule has 8 heteroatoms. The molecular formula is C25H35ClF2N4O. The molecule has 0 aliphatic rings. The van der Waals surface area contributed by atoms with Crippen LogP contribution in [0.4, 0.5) is 20.2 Å². The zero-order valence-electron chi connectivity index (χ0n) is 20.1. The SMILES string of the molecule is CC\C=C(Cl)/C(=C(/N=C(\C)Nc1cccc(NCC(F)F)c1C=N)OCC)C(/C)=C/CCC. The summed E-state index contributed by atoms with van der Waals surface area (Å²) < 4.78 is 31.1. The summed E-state index contributed by atoms with van der Waals surface area (Å²) in [7, 11) is 0. The molecule has 33 heavy (non-hydrogen) atoms. The van der Waals surface area contributed by atoms with Crippen molar-refractivity contribution < 1.29 is 13.5 Å². The standard InChI is InChI=1S/C25H35ClF2N4O/c1-6-9-12-17(4)24(20(26)11-7-2)25(33-8-3)32-18(5)31-22-14-10-13-21(19(22)15-29)30-16-23(27)28/h10-15,23,29-30H,6-9,16H2,1-5H3,(H,31,32)/b17-12+,20-11+,25-24-,29-15?. The molecule has 0 heterocycles. The van der Waals surface area contributed by atoms with Crippen molar-refractivity contribution in [3.63, 3.8) is 0 Å². The number of amidine groups is 1. The van der Waals surface area contributed by atoms with Crippen LogP contribution in [0.25, 0.3) is 0 Å². The Morgan fingerprint density at radius 2 is 1.88 bits per heavy atom. The Bertz CT molecular complexity index is 908. The van der Waals surface area contributed by atoms with E-state index >= 15 is 0 Å². The monoisotopic (exact) mass is 480 g/mol. The van der Waals surface area contributed by atoms with Gasteiger partial charge in [0, 0.05) is 22.5 Å². The number of ether oxygens (including phenoxy) is 1. The van der Waals surface area contributed by atoms with Crippen LogP contribution in [0.2, 0.25) is 0 Å². The summed E-state index contributed by atoms with van der Waals surface area (Å²) >= 11 is 6.62. The van der Waals surface area contributed by atoms with E-state index in [1.54, 1.807) is 25.1 Å². The molecule has 0 amide bonds. The molecule has 0 unspecified atom stereocenters. The Hall–Kier alpha value is -2.67. The van der Waals surface area contributed by atoms with E-state index in [9.17, 15) is 8.78 Å². The van der Waals surface area contributed by atoms with Gasteiger partial charge in [0.1, 0.15) is 5.84 Å². The minimum Gasteiger partial charge on any atom is -0.477 e. The van der Waals surface area contributed by atoms with Crippen LogP contribution in [0.3, 0.4) is 0 Å². The number of hydrogen-bond acceptors (Lipinski definition) is 4. The molecular weight excluding hydrogens is 446 g/mol. The predicted molar refractivity (Wildman–Crippen MR) is 137 cm³/mol. The summed E-state index contributed by atoms with van der Waals surface area (Å²) in [6, 6.07) is 5.13. The molecule has 3 N–H and O–H groups in total. The van der Waals surface area contributed by atoms with Gasteiger partial charge in [-0.2, -0.15) is 0 Å². The molecule has 0 radical (unpaired) electrons. The second kappa shape index (κ2) is 15.2. The third-order valence-corrected chi connectivity index (χ3v) is 4.88. The Balaban J connectivity index is 3.45. The van der Waals surface area contributed by atoms with E-state index in [1.165, 1.54) is 0 Å². The number of aliphatic imine (C=N–C) groups is 1. The van der Waals surface area contributed by atoms with Gasteiger partial charge in [0.15, 0.2) is 0 Å². The van der Waals surface area contributed by atoms with Crippen molar-refractivity contribution in [1.29, 1.82) is 5.41 Å². The van der Waals surface area contributed by atoms with Crippen molar-refractivity contribution in [1.82, 2.24) is 0 Å². The highest BCUT2D eigenvalue weighted by atomic mass is 35.5. The zero-order chi connectivity index (χ0) is 24.8. The van der Waals surface area contributed by atoms with E-state index in [0.29, 0.717) is 40.3 Å². The minimum absolute atomic E-state index is 0.394. The number of hydrogen-bond donors (Lipinski definition) is 3. The molecule has 0 saturated carbocycles. The summed E-state index contributed by atoms with van der Waals surface area (Å²) in [5, 5.41) is 14.2. The molecule has 0 bridgehead atoms. The van der Waals surface area contributed by atoms with Crippen LogP contribution >= 0.6 is 11.6 Å². The third-order valence-electron chi connectivity index (χ3n) is 4.53. The van der Waals surface area contributed by atoms with Gasteiger partial charge >= 0.3 is 0 Å². The minimum atomic E-state index is -2.49. The van der Waals surface area contributed by atoms with Gasteiger partial charge in [-0.25, -0.2) is 13.8 Å². The maximum absolute atomic E-state index is 12.6. The Morgan fingerprint density at radius 3 is 2.45 bits per heavy atom. The summed E-state index contributed by atoms with van der Waals surface area (Å²) in [6.07, 6.45) is 5.35. The van der Waals surface area contributed by atoms with Gasteiger partial charge in [0.25, 0.3) is 6.43 Å². The topological polar surface area (TPSA) is 69.5 Å². The molecule has 0 saturated heterocycles. The third kappa shape index (κ3) is 9.38. The number of alkyl halides is 2. The summed E-state index contributed by atoms with van der Waals surface area (Å²) in [6.45, 7) is 9.66. The van der Waals surface area contributed by atoms with Crippen LogP contribution in [0.15, 0.2) is 57.4 Å². The van der Waals surface area contributed by atoms with Crippen LogP contribution in [0.5, 0.6) is 0 Å². The molecule has 0 aliphatic carbocycles. The van der Waals surface area contributed by atoms with E-state index < -0.39 is 13.0 Å². The first-order valence-corrected chi connectivity index (χ1v) is 11.5. The summed E-state index contributed by atoms with van der Waals surface area (Å²) in [5.74, 6) is 0.903. The fourth-order valence-electron chi connectivity index (χ4n) is 3.05. The lowest BCUT2D eigenvalue weighted by molar-refractivity contribution is 0.163. The highest BCUT2D eigenvalue weighted by Gasteiger charge is 2.15. The van der Waals surface area contributed by atoms with Crippen molar-refractivity contribution in [2.75, 3.05) is 23.8 Å². The van der Waals surface area contributed by atoms with Crippen LogP contribution in [0, 0.1) is 5.41 Å². The second-order valence-electron chi connectivity index (χ2n) is 7.25. The molecule has 0 aromatic heterocycles. The van der Waals surface area contributed by atoms with E-state index in [1.807, 2.05) is 26.8 Å². The summed E-state index contributed by atoms with van der Waals surface area (Å²) in [4.78, 5) is 4.65. The Morgan fingerprint density at radius 1 is 1.18 bits per heavy atom. The van der Waals surface area contributed by atoms with Gasteiger partial charge in [-0.1, -0.05) is 50.1 Å². The average molecular weight is 481 g/mol. The zero-order valence-corrected chi connectivity index (χ0v) is 20.8. The quantitative estimate of drug-likeness (QED) is 0.117. The molecule has 1 aromatic carbocycles. The number of benzene rings is 1. The van der Waals surface area contributed by atoms with Gasteiger partial charge in [0.05, 0.1) is 24.4 Å². The molecule has 1 rings (SSSR count). The van der Waals surface area contributed by atoms with Crippen molar-refractivity contribution >= 4 is 35.0 Å². The second-order valence-corrected chi connectivity index (χ2v) is 7.66. The van der Waals surface area contributed by atoms with Crippen molar-refractivity contribution in [3.05, 3.63) is 58.0 Å². The molecule has 0 fully saturated rings. The average Bonchev–Trinajstić information content (AvgIpc) is 2.76. The van der Waals surface area contributed by atoms with Crippen molar-refractivity contribution in [3.8, 4) is 0 Å². The number of halogens is 3. The van der Waals surface area contributed by atoms with Gasteiger partial charge in [-0.05, 0) is 51.3 Å². The number of anilines is 2. The number of nitrogens with zero attached hydrogens (tertiary/aromatic N) is 1. The van der Waals surface area contributed by atoms with Gasteiger partial charge in [-0.15, -0.1) is 0 Å². The largest absolute Gasteiger partial charge is 0.477 e. The highest BCUT2D eigenvalue weighted by Crippen LogP contribution is 2.29. The van der Waals surface area contributed by atoms with Crippen molar-refractivity contribution in [2.45, 2.75) is 60.3 Å². The molecule has 0 atom stereocenters. The first-order chi connectivity index (χ1) is 15.8. The number of allylic oxidation sites excluding steroid dienone is 5. The maximum atomic E-state index is 12.6. The molecule has 5 nitrogen and oxygen atoms in total. The smallest absolute Gasteiger partial charge is 0.255 e. The first kappa shape index (κ1) is 28.4. The lowest BCUT2D eigenvalue weighted by atomic mass is 10.0. The number of rotatable bonds is 13. The molecule has 0 spiro atoms. The summed E-state index contributed by atoms with van der Waals surface area (Å²) in [5.41, 5.74) is 3.17. The fourth-order valence-corrected chi connectivity index (χ4v) is 3.43. The number of nitrogens with one attached hydrogen (secondary N) is 3. The van der Waals surface area contributed by atoms with Crippen LogP contribution in [0.1, 0.15) is 59.4 Å². The van der Waals surface area contributed by atoms with E-state index in [-0.39, 0.29) is 0 Å². The van der Waals surface area contributed by atoms with E-state index in [2.05, 4.69) is 28.6 Å². The van der Waals surface area contributed by atoms with Crippen LogP contribution in [-0.2, 0) is 4.74 Å². The lowest BCUT2D eigenvalue weighted by Crippen LogP contribution is -2.14. The lowest BCUT2D eigenvalue weighted by Gasteiger charge is -2.16. The van der Waals surface area contributed by atoms with Crippen LogP contribution in [-0.4, -0.2) is 31.6 Å². The maximum Gasteiger partial charge on any atom is 0.255 e.